The minimum Gasteiger partial charge on any atom is -0.379 e. The molecule has 0 spiro atoms. The summed E-state index contributed by atoms with van der Waals surface area (Å²) in [6.07, 6.45) is 0. The Kier molecular flexibility index (Phi) is 5.89. The summed E-state index contributed by atoms with van der Waals surface area (Å²) >= 11 is 1.59. The van der Waals surface area contributed by atoms with Gasteiger partial charge in [0.25, 0.3) is 0 Å². The second-order valence-corrected chi connectivity index (χ2v) is 7.79. The molecule has 0 fully saturated rings. The van der Waals surface area contributed by atoms with Crippen molar-refractivity contribution >= 4 is 16.9 Å². The molecule has 0 aliphatic carbocycles. The van der Waals surface area contributed by atoms with E-state index in [1.165, 1.54) is 16.7 Å². The zero-order valence-electron chi connectivity index (χ0n) is 14.4. The smallest absolute Gasteiger partial charge is 0.154 e. The summed E-state index contributed by atoms with van der Waals surface area (Å²) in [5.41, 5.74) is 10.1. The van der Waals surface area contributed by atoms with Crippen molar-refractivity contribution in [3.8, 4) is 0 Å². The van der Waals surface area contributed by atoms with E-state index in [1.807, 2.05) is 18.2 Å². The number of nitrogens with two attached hydrogens (primary N) is 1. The van der Waals surface area contributed by atoms with Gasteiger partial charge in [-0.3, -0.25) is 4.99 Å². The van der Waals surface area contributed by atoms with Gasteiger partial charge in [0.15, 0.2) is 5.17 Å². The zero-order chi connectivity index (χ0) is 16.9. The topological polar surface area (TPSA) is 38.4 Å². The second kappa shape index (κ2) is 7.69. The average molecular weight is 327 g/mol. The maximum absolute atomic E-state index is 6.07. The van der Waals surface area contributed by atoms with Crippen molar-refractivity contribution in [2.24, 2.45) is 10.7 Å². The number of hydrogen-bond acceptors (Lipinski definition) is 2. The predicted octanol–water partition coefficient (Wildman–Crippen LogP) is 5.29. The first-order valence-electron chi connectivity index (χ1n) is 7.96. The summed E-state index contributed by atoms with van der Waals surface area (Å²) in [6, 6.07) is 19.1. The second-order valence-electron chi connectivity index (χ2n) is 6.79. The van der Waals surface area contributed by atoms with E-state index >= 15 is 0 Å². The summed E-state index contributed by atoms with van der Waals surface area (Å²) in [4.78, 5) is 4.58. The van der Waals surface area contributed by atoms with E-state index in [9.17, 15) is 0 Å². The third-order valence-electron chi connectivity index (χ3n) is 3.81. The van der Waals surface area contributed by atoms with Gasteiger partial charge < -0.3 is 5.73 Å². The molecule has 0 saturated heterocycles. The minimum atomic E-state index is 0.0898. The molecule has 0 amide bonds. The van der Waals surface area contributed by atoms with Gasteiger partial charge in [0.05, 0.1) is 6.04 Å². The Hall–Kier alpha value is -1.74. The lowest BCUT2D eigenvalue weighted by Crippen LogP contribution is -2.11. The summed E-state index contributed by atoms with van der Waals surface area (Å²) in [7, 11) is 0. The number of rotatable bonds is 4. The molecular weight excluding hydrogens is 300 g/mol. The van der Waals surface area contributed by atoms with Crippen molar-refractivity contribution in [2.45, 2.75) is 44.9 Å². The Bertz CT molecular complexity index is 640. The van der Waals surface area contributed by atoms with E-state index in [4.69, 9.17) is 5.73 Å². The Morgan fingerprint density at radius 1 is 1.04 bits per heavy atom. The molecule has 0 aliphatic rings. The Morgan fingerprint density at radius 2 is 1.65 bits per heavy atom. The van der Waals surface area contributed by atoms with Gasteiger partial charge in [0.1, 0.15) is 0 Å². The van der Waals surface area contributed by atoms with Crippen LogP contribution < -0.4 is 5.73 Å². The zero-order valence-corrected chi connectivity index (χ0v) is 15.2. The van der Waals surface area contributed by atoms with Gasteiger partial charge in [-0.15, -0.1) is 0 Å². The highest BCUT2D eigenvalue weighted by Gasteiger charge is 2.12. The van der Waals surface area contributed by atoms with Gasteiger partial charge in [-0.25, -0.2) is 0 Å². The van der Waals surface area contributed by atoms with Crippen LogP contribution >= 0.6 is 11.8 Å². The first-order chi connectivity index (χ1) is 10.9. The molecule has 1 atom stereocenters. The standard InChI is InChI=1S/C20H26N2S/c1-15(17-8-6-5-7-9-17)22-19(21)23-14-16-10-12-18(13-11-16)20(2,3)4/h5-13,15H,14H2,1-4H3,(H2,21,22)/t15-/m1/s1. The molecule has 122 valence electrons. The lowest BCUT2D eigenvalue weighted by molar-refractivity contribution is 0.590. The van der Waals surface area contributed by atoms with Crippen molar-refractivity contribution in [1.29, 1.82) is 0 Å². The molecule has 3 heteroatoms. The van der Waals surface area contributed by atoms with E-state index in [0.717, 1.165) is 5.75 Å². The van der Waals surface area contributed by atoms with Crippen molar-refractivity contribution < 1.29 is 0 Å². The molecule has 0 unspecified atom stereocenters. The van der Waals surface area contributed by atoms with Crippen LogP contribution in [-0.2, 0) is 11.2 Å². The molecule has 23 heavy (non-hydrogen) atoms. The van der Waals surface area contributed by atoms with Gasteiger partial charge in [-0.2, -0.15) is 0 Å². The Morgan fingerprint density at radius 3 is 2.22 bits per heavy atom. The summed E-state index contributed by atoms with van der Waals surface area (Å²) in [5.74, 6) is 0.848. The largest absolute Gasteiger partial charge is 0.379 e. The maximum Gasteiger partial charge on any atom is 0.154 e. The van der Waals surface area contributed by atoms with Gasteiger partial charge in [0, 0.05) is 5.75 Å². The van der Waals surface area contributed by atoms with Gasteiger partial charge >= 0.3 is 0 Å². The van der Waals surface area contributed by atoms with E-state index in [1.54, 1.807) is 11.8 Å². The molecule has 0 aliphatic heterocycles. The molecule has 0 aromatic heterocycles. The summed E-state index contributed by atoms with van der Waals surface area (Å²) in [6.45, 7) is 8.76. The first kappa shape index (κ1) is 17.6. The third-order valence-corrected chi connectivity index (χ3v) is 4.69. The lowest BCUT2D eigenvalue weighted by Gasteiger charge is -2.19. The molecule has 0 saturated carbocycles. The monoisotopic (exact) mass is 326 g/mol. The fourth-order valence-corrected chi connectivity index (χ4v) is 3.03. The lowest BCUT2D eigenvalue weighted by atomic mass is 9.87. The highest BCUT2D eigenvalue weighted by molar-refractivity contribution is 8.13. The fraction of sp³-hybridized carbons (Fsp3) is 0.350. The van der Waals surface area contributed by atoms with Crippen LogP contribution in [-0.4, -0.2) is 5.17 Å². The van der Waals surface area contributed by atoms with E-state index in [0.29, 0.717) is 5.17 Å². The number of nitrogens with zero attached hydrogens (tertiary/aromatic N) is 1. The van der Waals surface area contributed by atoms with Gasteiger partial charge in [-0.05, 0) is 29.0 Å². The number of aliphatic imine (C=N–C) groups is 1. The summed E-state index contributed by atoms with van der Waals surface area (Å²) in [5, 5.41) is 0.640. The number of hydrogen-bond donors (Lipinski definition) is 1. The van der Waals surface area contributed by atoms with Crippen LogP contribution in [0.5, 0.6) is 0 Å². The van der Waals surface area contributed by atoms with E-state index < -0.39 is 0 Å². The van der Waals surface area contributed by atoms with Crippen molar-refractivity contribution in [2.75, 3.05) is 0 Å². The predicted molar refractivity (Wildman–Crippen MR) is 103 cm³/mol. The SMILES string of the molecule is C[C@@H](N=C(N)SCc1ccc(C(C)(C)C)cc1)c1ccccc1. The molecule has 0 heterocycles. The highest BCUT2D eigenvalue weighted by atomic mass is 32.2. The average Bonchev–Trinajstić information content (AvgIpc) is 2.53. The third kappa shape index (κ3) is 5.43. The quantitative estimate of drug-likeness (QED) is 0.612. The molecule has 2 N–H and O–H groups in total. The first-order valence-corrected chi connectivity index (χ1v) is 8.95. The van der Waals surface area contributed by atoms with E-state index in [2.05, 4.69) is 69.1 Å². The van der Waals surface area contributed by atoms with Gasteiger partial charge in [0.2, 0.25) is 0 Å². The maximum atomic E-state index is 6.07. The highest BCUT2D eigenvalue weighted by Crippen LogP contribution is 2.24. The molecule has 2 nitrogen and oxygen atoms in total. The summed E-state index contributed by atoms with van der Waals surface area (Å²) < 4.78 is 0. The van der Waals surface area contributed by atoms with Crippen molar-refractivity contribution in [1.82, 2.24) is 0 Å². The van der Waals surface area contributed by atoms with Crippen LogP contribution in [0.1, 0.15) is 50.4 Å². The van der Waals surface area contributed by atoms with E-state index in [-0.39, 0.29) is 11.5 Å². The van der Waals surface area contributed by atoms with Crippen molar-refractivity contribution in [3.05, 3.63) is 71.3 Å². The van der Waals surface area contributed by atoms with Crippen LogP contribution in [0.15, 0.2) is 59.6 Å². The normalized spacial score (nSPS) is 13.8. The van der Waals surface area contributed by atoms with Crippen LogP contribution in [0.4, 0.5) is 0 Å². The molecule has 0 radical (unpaired) electrons. The fourth-order valence-electron chi connectivity index (χ4n) is 2.29. The van der Waals surface area contributed by atoms with Gasteiger partial charge in [-0.1, -0.05) is 87.1 Å². The Balaban J connectivity index is 1.93. The molecule has 2 aromatic rings. The molecule has 2 aromatic carbocycles. The van der Waals surface area contributed by atoms with Crippen LogP contribution in [0.25, 0.3) is 0 Å². The molecular formula is C20H26N2S. The van der Waals surface area contributed by atoms with Crippen molar-refractivity contribution in [3.63, 3.8) is 0 Å². The Labute approximate surface area is 144 Å². The minimum absolute atomic E-state index is 0.0898. The number of benzene rings is 2. The van der Waals surface area contributed by atoms with Crippen LogP contribution in [0, 0.1) is 0 Å². The van der Waals surface area contributed by atoms with Crippen LogP contribution in [0.3, 0.4) is 0 Å². The molecule has 0 bridgehead atoms. The number of thioether (sulfide) groups is 1. The molecule has 2 rings (SSSR count). The van der Waals surface area contributed by atoms with Crippen LogP contribution in [0.2, 0.25) is 0 Å². The number of amidine groups is 1.